The van der Waals surface area contributed by atoms with Crippen molar-refractivity contribution in [2.75, 3.05) is 6.54 Å². The SMILES string of the molecule is CC(=N)/C(O)=C(\NCCCC#N)c1n[nH]c(-c2nc(C(N)=O)cc3c2cnn3C)n1. The molecule has 154 valence electrons. The van der Waals surface area contributed by atoms with Gasteiger partial charge in [-0.3, -0.25) is 14.6 Å². The molecule has 0 aromatic carbocycles. The van der Waals surface area contributed by atoms with Crippen LogP contribution in [0.25, 0.3) is 28.1 Å². The summed E-state index contributed by atoms with van der Waals surface area (Å²) in [4.78, 5) is 20.4. The number of hydrogen-bond acceptors (Lipinski definition) is 9. The summed E-state index contributed by atoms with van der Waals surface area (Å²) >= 11 is 0. The highest BCUT2D eigenvalue weighted by molar-refractivity contribution is 6.00. The number of nitrogens with zero attached hydrogens (tertiary/aromatic N) is 6. The molecule has 3 heterocycles. The minimum Gasteiger partial charge on any atom is -0.504 e. The fourth-order valence-electron chi connectivity index (χ4n) is 2.77. The number of aromatic nitrogens is 6. The zero-order valence-electron chi connectivity index (χ0n) is 16.4. The average molecular weight is 408 g/mol. The van der Waals surface area contributed by atoms with Gasteiger partial charge in [0, 0.05) is 25.4 Å². The number of aliphatic hydroxyl groups excluding tert-OH is 1. The summed E-state index contributed by atoms with van der Waals surface area (Å²) in [6.07, 6.45) is 2.47. The smallest absolute Gasteiger partial charge is 0.267 e. The highest BCUT2D eigenvalue weighted by atomic mass is 16.3. The third-order valence-corrected chi connectivity index (χ3v) is 4.29. The lowest BCUT2D eigenvalue weighted by Crippen LogP contribution is -2.19. The quantitative estimate of drug-likeness (QED) is 0.207. The first-order valence-corrected chi connectivity index (χ1v) is 8.98. The molecule has 30 heavy (non-hydrogen) atoms. The molecule has 0 aliphatic rings. The van der Waals surface area contributed by atoms with Crippen LogP contribution in [-0.4, -0.2) is 53.2 Å². The average Bonchev–Trinajstić information content (AvgIpc) is 3.34. The van der Waals surface area contributed by atoms with Crippen LogP contribution in [0, 0.1) is 16.7 Å². The Morgan fingerprint density at radius 1 is 1.47 bits per heavy atom. The number of rotatable bonds is 8. The van der Waals surface area contributed by atoms with E-state index in [1.807, 2.05) is 6.07 Å². The number of amides is 1. The summed E-state index contributed by atoms with van der Waals surface area (Å²) in [7, 11) is 1.72. The largest absolute Gasteiger partial charge is 0.504 e. The van der Waals surface area contributed by atoms with Gasteiger partial charge in [0.25, 0.3) is 5.91 Å². The van der Waals surface area contributed by atoms with Crippen LogP contribution in [0.15, 0.2) is 18.0 Å². The number of H-pyrrole nitrogens is 1. The molecule has 0 aliphatic carbocycles. The van der Waals surface area contributed by atoms with Gasteiger partial charge in [-0.05, 0) is 19.4 Å². The lowest BCUT2D eigenvalue weighted by molar-refractivity contribution is 0.0996. The van der Waals surface area contributed by atoms with Gasteiger partial charge in [0.2, 0.25) is 5.82 Å². The van der Waals surface area contributed by atoms with Crippen LogP contribution in [0.5, 0.6) is 0 Å². The zero-order valence-corrected chi connectivity index (χ0v) is 16.4. The minimum absolute atomic E-state index is 0.0441. The Morgan fingerprint density at radius 2 is 2.23 bits per heavy atom. The van der Waals surface area contributed by atoms with Gasteiger partial charge in [0.1, 0.15) is 17.1 Å². The first-order valence-electron chi connectivity index (χ1n) is 8.98. The topological polar surface area (TPSA) is 195 Å². The molecule has 0 saturated carbocycles. The first kappa shape index (κ1) is 20.5. The number of aromatic amines is 1. The molecular weight excluding hydrogens is 388 g/mol. The number of hydrogen-bond donors (Lipinski definition) is 5. The number of aliphatic hydroxyl groups is 1. The minimum atomic E-state index is -0.698. The summed E-state index contributed by atoms with van der Waals surface area (Å²) in [6, 6.07) is 3.58. The lowest BCUT2D eigenvalue weighted by atomic mass is 10.2. The van der Waals surface area contributed by atoms with Crippen molar-refractivity contribution in [1.82, 2.24) is 35.3 Å². The first-order chi connectivity index (χ1) is 14.3. The summed E-state index contributed by atoms with van der Waals surface area (Å²) in [6.45, 7) is 1.81. The maximum absolute atomic E-state index is 11.7. The molecule has 0 aliphatic heterocycles. The number of nitrogens with two attached hydrogens (primary N) is 1. The molecule has 6 N–H and O–H groups in total. The van der Waals surface area contributed by atoms with Crippen LogP contribution in [0.2, 0.25) is 0 Å². The molecule has 0 radical (unpaired) electrons. The van der Waals surface area contributed by atoms with E-state index in [4.69, 9.17) is 16.4 Å². The molecule has 3 aromatic heterocycles. The third-order valence-electron chi connectivity index (χ3n) is 4.29. The van der Waals surface area contributed by atoms with Gasteiger partial charge in [-0.15, -0.1) is 0 Å². The highest BCUT2D eigenvalue weighted by Gasteiger charge is 2.20. The number of aryl methyl sites for hydroxylation is 1. The number of unbranched alkanes of at least 4 members (excludes halogenated alkanes) is 1. The maximum atomic E-state index is 11.7. The van der Waals surface area contributed by atoms with E-state index in [0.717, 1.165) is 0 Å². The number of nitriles is 1. The van der Waals surface area contributed by atoms with Crippen molar-refractivity contribution < 1.29 is 9.90 Å². The molecule has 0 saturated heterocycles. The number of pyridine rings is 1. The number of carbonyl (C=O) groups excluding carboxylic acids is 1. The van der Waals surface area contributed by atoms with Gasteiger partial charge in [0.15, 0.2) is 11.6 Å². The maximum Gasteiger partial charge on any atom is 0.267 e. The Morgan fingerprint density at radius 3 is 2.90 bits per heavy atom. The monoisotopic (exact) mass is 408 g/mol. The van der Waals surface area contributed by atoms with Crippen LogP contribution in [0.4, 0.5) is 0 Å². The third kappa shape index (κ3) is 3.95. The molecule has 12 heteroatoms. The normalized spacial score (nSPS) is 11.8. The molecule has 1 amide bonds. The number of primary amides is 1. The van der Waals surface area contributed by atoms with E-state index in [2.05, 4.69) is 30.6 Å². The molecule has 0 unspecified atom stereocenters. The van der Waals surface area contributed by atoms with E-state index in [-0.39, 0.29) is 34.5 Å². The van der Waals surface area contributed by atoms with E-state index in [1.54, 1.807) is 17.9 Å². The molecule has 0 spiro atoms. The van der Waals surface area contributed by atoms with Crippen LogP contribution in [0.1, 0.15) is 36.1 Å². The second kappa shape index (κ2) is 8.39. The molecule has 3 aromatic rings. The van der Waals surface area contributed by atoms with Crippen molar-refractivity contribution in [3.05, 3.63) is 29.5 Å². The number of carbonyl (C=O) groups is 1. The van der Waals surface area contributed by atoms with Gasteiger partial charge in [-0.25, -0.2) is 9.97 Å². The van der Waals surface area contributed by atoms with E-state index in [0.29, 0.717) is 36.0 Å². The van der Waals surface area contributed by atoms with Crippen LogP contribution in [0.3, 0.4) is 0 Å². The van der Waals surface area contributed by atoms with E-state index >= 15 is 0 Å². The fourth-order valence-corrected chi connectivity index (χ4v) is 2.77. The summed E-state index contributed by atoms with van der Waals surface area (Å²) in [5.41, 5.74) is 6.48. The summed E-state index contributed by atoms with van der Waals surface area (Å²) in [5, 5.41) is 41.3. The molecule has 0 atom stereocenters. The van der Waals surface area contributed by atoms with Crippen LogP contribution < -0.4 is 11.1 Å². The van der Waals surface area contributed by atoms with Gasteiger partial charge < -0.3 is 21.6 Å². The molecular formula is C18H20N10O2. The second-order valence-electron chi connectivity index (χ2n) is 6.47. The summed E-state index contributed by atoms with van der Waals surface area (Å²) < 4.78 is 1.58. The van der Waals surface area contributed by atoms with Crippen molar-refractivity contribution >= 4 is 28.2 Å². The lowest BCUT2D eigenvalue weighted by Gasteiger charge is -2.09. The highest BCUT2D eigenvalue weighted by Crippen LogP contribution is 2.26. The standard InChI is InChI=1S/C18H20N10O2/c1-9(20)15(29)14(22-6-4-3-5-19)18-25-17(26-27-18)13-10-8-23-28(2)12(10)7-11(24-13)16(21)30/h7-8,20,22,29H,3-4,6H2,1-2H3,(H2,21,30)(H,25,26,27)/b15-14+,20-9?. The van der Waals surface area contributed by atoms with Crippen molar-refractivity contribution in [3.63, 3.8) is 0 Å². The Hall–Kier alpha value is -4.27. The number of allylic oxidation sites excluding steroid dienone is 1. The van der Waals surface area contributed by atoms with Gasteiger partial charge in [-0.1, -0.05) is 0 Å². The molecule has 0 bridgehead atoms. The van der Waals surface area contributed by atoms with Crippen molar-refractivity contribution in [1.29, 1.82) is 10.7 Å². The van der Waals surface area contributed by atoms with Gasteiger partial charge in [-0.2, -0.15) is 15.5 Å². The van der Waals surface area contributed by atoms with Gasteiger partial charge in [0.05, 0.1) is 23.5 Å². The van der Waals surface area contributed by atoms with E-state index < -0.39 is 5.91 Å². The second-order valence-corrected chi connectivity index (χ2v) is 6.47. The Labute approximate surface area is 170 Å². The Bertz CT molecular complexity index is 1200. The number of nitrogens with one attached hydrogen (secondary N) is 3. The molecule has 0 fully saturated rings. The van der Waals surface area contributed by atoms with Crippen LogP contribution in [-0.2, 0) is 7.05 Å². The zero-order chi connectivity index (χ0) is 21.8. The summed E-state index contributed by atoms with van der Waals surface area (Å²) in [5.74, 6) is -0.675. The van der Waals surface area contributed by atoms with Crippen LogP contribution >= 0.6 is 0 Å². The number of fused-ring (bicyclic) bond motifs is 1. The van der Waals surface area contributed by atoms with Crippen molar-refractivity contribution in [2.24, 2.45) is 12.8 Å². The van der Waals surface area contributed by atoms with Gasteiger partial charge >= 0.3 is 0 Å². The Kier molecular flexibility index (Phi) is 5.73. The van der Waals surface area contributed by atoms with Crippen molar-refractivity contribution in [3.8, 4) is 17.6 Å². The molecule has 12 nitrogen and oxygen atoms in total. The van der Waals surface area contributed by atoms with Crippen molar-refractivity contribution in [2.45, 2.75) is 19.8 Å². The van der Waals surface area contributed by atoms with E-state index in [1.165, 1.54) is 13.0 Å². The predicted octanol–water partition coefficient (Wildman–Crippen LogP) is 1.01. The fraction of sp³-hybridized carbons (Fsp3) is 0.278. The molecule has 3 rings (SSSR count). The van der Waals surface area contributed by atoms with E-state index in [9.17, 15) is 9.90 Å². The predicted molar refractivity (Wildman–Crippen MR) is 108 cm³/mol. The Balaban J connectivity index is 2.06.